The first-order chi connectivity index (χ1) is 48.8. The molecule has 0 atom stereocenters. The Labute approximate surface area is 613 Å². The third kappa shape index (κ3) is 22.8. The second-order valence-corrected chi connectivity index (χ2v) is 33.1. The molecule has 8 bridgehead atoms. The SMILES string of the molecule is CC(C)(C)c1cc2c(O)c(c1)Cc1cc(C(C)(C)C)cc(c1OCCCCCCCCCCCCOc1ccc(-c3ccc(C#N)cc3)cc1)Cc1cc(C(C)(C)C)cc(c1O)Cc1cc(C(C)(C)C)cc(c1OCCCCCCCCCCCCOc1ccc(-c3ccc(C#N)cc3)cc1)C2. The molecule has 8 aromatic rings. The summed E-state index contributed by atoms with van der Waals surface area (Å²) < 4.78 is 26.5. The van der Waals surface area contributed by atoms with Crippen molar-refractivity contribution < 1.29 is 29.2 Å². The lowest BCUT2D eigenvalue weighted by Crippen LogP contribution is -2.17. The summed E-state index contributed by atoms with van der Waals surface area (Å²) in [7, 11) is 0. The van der Waals surface area contributed by atoms with Crippen LogP contribution in [0.1, 0.15) is 289 Å². The van der Waals surface area contributed by atoms with Gasteiger partial charge in [-0.1, -0.05) is 283 Å². The fraction of sp³-hybridized carbons (Fsp3) is 0.468. The minimum Gasteiger partial charge on any atom is -0.507 e. The van der Waals surface area contributed by atoms with Gasteiger partial charge >= 0.3 is 0 Å². The van der Waals surface area contributed by atoms with Crippen molar-refractivity contribution in [3.8, 4) is 68.9 Å². The third-order valence-corrected chi connectivity index (χ3v) is 20.5. The lowest BCUT2D eigenvalue weighted by molar-refractivity contribution is 0.298. The Balaban J connectivity index is 0.837. The highest BCUT2D eigenvalue weighted by atomic mass is 16.5. The number of rotatable bonds is 32. The van der Waals surface area contributed by atoms with Crippen LogP contribution < -0.4 is 18.9 Å². The van der Waals surface area contributed by atoms with Gasteiger partial charge in [0.1, 0.15) is 34.5 Å². The summed E-state index contributed by atoms with van der Waals surface area (Å²) in [6.07, 6.45) is 25.2. The Bertz CT molecular complexity index is 3700. The Morgan fingerprint density at radius 1 is 0.275 bits per heavy atom. The van der Waals surface area contributed by atoms with E-state index in [-0.39, 0.29) is 21.7 Å². The van der Waals surface area contributed by atoms with E-state index in [0.29, 0.717) is 61.5 Å². The van der Waals surface area contributed by atoms with E-state index in [1.165, 1.54) is 112 Å². The molecule has 0 spiro atoms. The van der Waals surface area contributed by atoms with Crippen molar-refractivity contribution in [3.63, 3.8) is 0 Å². The van der Waals surface area contributed by atoms with Crippen molar-refractivity contribution in [3.05, 3.63) is 223 Å². The maximum atomic E-state index is 12.9. The maximum absolute atomic E-state index is 12.9. The Hall–Kier alpha value is -8.46. The van der Waals surface area contributed by atoms with E-state index in [1.807, 2.05) is 72.8 Å². The van der Waals surface area contributed by atoms with Crippen LogP contribution in [0.25, 0.3) is 22.3 Å². The maximum Gasteiger partial charge on any atom is 0.126 e. The first-order valence-electron chi connectivity index (χ1n) is 38.6. The van der Waals surface area contributed by atoms with Crippen molar-refractivity contribution in [1.29, 1.82) is 10.5 Å². The number of nitrogens with zero attached hydrogens (tertiary/aromatic N) is 2. The standard InChI is InChI=1S/C94H118N2O6/c1-91(2,3)81-57-73-53-77-61-83(93(7,8)9)63-79(89(77)101-51-31-27-23-19-15-13-17-21-25-29-49-99-85-45-41-71(42-46-85)69-37-33-67(65-95)34-38-69)55-75-59-82(92(4,5)6)60-76(88(75)98)56-80-64-84(94(10,11)12)62-78(54-74(58-81)87(73)97)90(80)102-52-32-28-24-20-16-14-18-22-26-30-50-100-86-47-43-72(44-48-86)70-39-35-68(66-96)36-40-70/h33-48,57-64,97-98H,13-32,49-56H2,1-12H3. The molecule has 0 aromatic heterocycles. The number of fused-ring (bicyclic) bond motifs is 8. The largest absolute Gasteiger partial charge is 0.507 e. The molecule has 2 N–H and O–H groups in total. The quantitative estimate of drug-likeness (QED) is 0.0400. The summed E-state index contributed by atoms with van der Waals surface area (Å²) in [5.74, 6) is 4.19. The number of hydrogen-bond acceptors (Lipinski definition) is 8. The highest BCUT2D eigenvalue weighted by Crippen LogP contribution is 2.44. The van der Waals surface area contributed by atoms with Gasteiger partial charge in [0.15, 0.2) is 0 Å². The van der Waals surface area contributed by atoms with Crippen LogP contribution in [0.5, 0.6) is 34.5 Å². The predicted octanol–water partition coefficient (Wildman–Crippen LogP) is 24.8. The Morgan fingerprint density at radius 2 is 0.471 bits per heavy atom. The van der Waals surface area contributed by atoms with Crippen molar-refractivity contribution in [1.82, 2.24) is 0 Å². The zero-order chi connectivity index (χ0) is 72.9. The van der Waals surface area contributed by atoms with Crippen molar-refractivity contribution >= 4 is 0 Å². The van der Waals surface area contributed by atoms with Crippen molar-refractivity contribution in [2.24, 2.45) is 0 Å². The van der Waals surface area contributed by atoms with E-state index in [4.69, 9.17) is 29.5 Å². The van der Waals surface area contributed by atoms with E-state index >= 15 is 0 Å². The lowest BCUT2D eigenvalue weighted by Gasteiger charge is -2.28. The van der Waals surface area contributed by atoms with Crippen LogP contribution >= 0.6 is 0 Å². The smallest absolute Gasteiger partial charge is 0.126 e. The number of phenols is 2. The van der Waals surface area contributed by atoms with Crippen LogP contribution in [0.15, 0.2) is 146 Å². The van der Waals surface area contributed by atoms with Gasteiger partial charge in [-0.2, -0.15) is 10.5 Å². The number of aromatic hydroxyl groups is 2. The van der Waals surface area contributed by atoms with Gasteiger partial charge in [0.05, 0.1) is 49.7 Å². The van der Waals surface area contributed by atoms with Crippen LogP contribution in [0.4, 0.5) is 0 Å². The topological polar surface area (TPSA) is 125 Å². The highest BCUT2D eigenvalue weighted by molar-refractivity contribution is 5.67. The molecule has 0 saturated heterocycles. The van der Waals surface area contributed by atoms with Gasteiger partial charge in [-0.3, -0.25) is 0 Å². The van der Waals surface area contributed by atoms with Crippen LogP contribution in [-0.4, -0.2) is 36.6 Å². The van der Waals surface area contributed by atoms with E-state index < -0.39 is 0 Å². The first-order valence-corrected chi connectivity index (χ1v) is 38.6. The van der Waals surface area contributed by atoms with E-state index in [9.17, 15) is 10.2 Å². The Kier molecular flexibility index (Phi) is 27.9. The van der Waals surface area contributed by atoms with Gasteiger partial charge < -0.3 is 29.2 Å². The van der Waals surface area contributed by atoms with Crippen LogP contribution in [-0.2, 0) is 47.3 Å². The van der Waals surface area contributed by atoms with Gasteiger partial charge in [0.25, 0.3) is 0 Å². The molecule has 102 heavy (non-hydrogen) atoms. The average Bonchev–Trinajstić information content (AvgIpc) is 0.767. The molecule has 0 fully saturated rings. The van der Waals surface area contributed by atoms with Gasteiger partial charge in [-0.05, 0) is 185 Å². The Morgan fingerprint density at radius 3 is 0.686 bits per heavy atom. The summed E-state index contributed by atoms with van der Waals surface area (Å²) in [6.45, 7) is 29.9. The summed E-state index contributed by atoms with van der Waals surface area (Å²) in [5.41, 5.74) is 17.6. The van der Waals surface area contributed by atoms with E-state index in [0.717, 1.165) is 141 Å². The van der Waals surface area contributed by atoms with Crippen molar-refractivity contribution in [2.75, 3.05) is 26.4 Å². The molecule has 8 aromatic carbocycles. The number of benzene rings is 8. The average molecular weight is 1370 g/mol. The molecule has 0 saturated carbocycles. The predicted molar refractivity (Wildman–Crippen MR) is 423 cm³/mol. The molecule has 1 aliphatic carbocycles. The fourth-order valence-electron chi connectivity index (χ4n) is 13.9. The minimum atomic E-state index is -0.194. The lowest BCUT2D eigenvalue weighted by atomic mass is 9.79. The monoisotopic (exact) mass is 1370 g/mol. The van der Waals surface area contributed by atoms with E-state index in [1.54, 1.807) is 0 Å². The summed E-state index contributed by atoms with van der Waals surface area (Å²) in [4.78, 5) is 0. The zero-order valence-electron chi connectivity index (χ0n) is 64.1. The van der Waals surface area contributed by atoms with Crippen molar-refractivity contribution in [2.45, 2.75) is 259 Å². The molecule has 540 valence electrons. The molecule has 0 heterocycles. The molecule has 0 unspecified atom stereocenters. The summed E-state index contributed by atoms with van der Waals surface area (Å²) >= 11 is 0. The fourth-order valence-corrected chi connectivity index (χ4v) is 13.9. The number of hydrogen-bond donors (Lipinski definition) is 2. The molecule has 0 aliphatic heterocycles. The molecule has 8 nitrogen and oxygen atoms in total. The molecule has 8 heteroatoms. The normalized spacial score (nSPS) is 12.6. The molecule has 9 rings (SSSR count). The van der Waals surface area contributed by atoms with Gasteiger partial charge in [-0.15, -0.1) is 0 Å². The summed E-state index contributed by atoms with van der Waals surface area (Å²) in [5, 5.41) is 44.1. The molecule has 1 aliphatic rings. The summed E-state index contributed by atoms with van der Waals surface area (Å²) in [6, 6.07) is 54.5. The molecule has 0 amide bonds. The molecule has 0 radical (unpaired) electrons. The minimum absolute atomic E-state index is 0.184. The zero-order valence-corrected chi connectivity index (χ0v) is 64.1. The second-order valence-electron chi connectivity index (χ2n) is 33.1. The van der Waals surface area contributed by atoms with Gasteiger partial charge in [-0.25, -0.2) is 0 Å². The number of ether oxygens (including phenoxy) is 4. The van der Waals surface area contributed by atoms with Crippen LogP contribution in [0.2, 0.25) is 0 Å². The number of phenolic OH excluding ortho intramolecular Hbond substituents is 2. The van der Waals surface area contributed by atoms with Gasteiger partial charge in [0.2, 0.25) is 0 Å². The van der Waals surface area contributed by atoms with Crippen LogP contribution in [0, 0.1) is 22.7 Å². The molecular weight excluding hydrogens is 1250 g/mol. The van der Waals surface area contributed by atoms with Gasteiger partial charge in [0, 0.05) is 25.7 Å². The first kappa shape index (κ1) is 77.7. The van der Waals surface area contributed by atoms with E-state index in [2.05, 4.69) is 168 Å². The number of nitriles is 2. The van der Waals surface area contributed by atoms with Crippen LogP contribution in [0.3, 0.4) is 0 Å². The second kappa shape index (κ2) is 36.6. The highest BCUT2D eigenvalue weighted by Gasteiger charge is 2.29. The molecular formula is C94H118N2O6. The third-order valence-electron chi connectivity index (χ3n) is 20.5. The number of unbranched alkanes of at least 4 members (excludes halogenated alkanes) is 18.